The van der Waals surface area contributed by atoms with Crippen molar-refractivity contribution in [2.45, 2.75) is 72.6 Å². The van der Waals surface area contributed by atoms with Gasteiger partial charge in [-0.05, 0) is 34.8 Å². The Labute approximate surface area is 134 Å². The molecule has 0 aliphatic rings. The Bertz CT molecular complexity index is 573. The number of carbonyl (C=O) groups excluding carboxylic acids is 1. The lowest BCUT2D eigenvalue weighted by atomic mass is 9.74. The molecule has 1 aromatic carbocycles. The molecule has 0 saturated heterocycles. The first-order chi connectivity index (χ1) is 9.76. The van der Waals surface area contributed by atoms with Crippen LogP contribution in [0.2, 0.25) is 0 Å². The van der Waals surface area contributed by atoms with Gasteiger partial charge in [-0.25, -0.2) is 0 Å². The summed E-state index contributed by atoms with van der Waals surface area (Å²) in [7, 11) is 0. The quantitative estimate of drug-likeness (QED) is 0.875. The Morgan fingerprint density at radius 1 is 1.14 bits per heavy atom. The summed E-state index contributed by atoms with van der Waals surface area (Å²) in [5, 5.41) is 10.9. The topological polar surface area (TPSA) is 63.3 Å². The molecule has 0 radical (unpaired) electrons. The molecule has 124 valence electrons. The molecule has 22 heavy (non-hydrogen) atoms. The second kappa shape index (κ2) is 5.94. The van der Waals surface area contributed by atoms with Crippen LogP contribution in [0.5, 0.6) is 5.75 Å². The fourth-order valence-corrected chi connectivity index (χ4v) is 2.93. The van der Waals surface area contributed by atoms with Crippen LogP contribution in [0.3, 0.4) is 0 Å². The van der Waals surface area contributed by atoms with Crippen LogP contribution >= 0.6 is 0 Å². The number of hydrogen-bond donors (Lipinski definition) is 2. The lowest BCUT2D eigenvalue weighted by molar-refractivity contribution is 0.0999. The third kappa shape index (κ3) is 3.82. The molecule has 0 bridgehead atoms. The zero-order valence-electron chi connectivity index (χ0n) is 15.3. The van der Waals surface area contributed by atoms with E-state index >= 15 is 0 Å². The number of carbonyl (C=O) groups is 1. The number of amides is 1. The molecule has 0 aliphatic carbocycles. The predicted molar refractivity (Wildman–Crippen MR) is 92.6 cm³/mol. The fraction of sp³-hybridized carbons (Fsp3) is 0.632. The Morgan fingerprint density at radius 2 is 1.64 bits per heavy atom. The van der Waals surface area contributed by atoms with Crippen LogP contribution in [0, 0.1) is 5.92 Å². The third-order valence-electron chi connectivity index (χ3n) is 3.84. The van der Waals surface area contributed by atoms with Gasteiger partial charge in [-0.2, -0.15) is 0 Å². The van der Waals surface area contributed by atoms with E-state index in [1.807, 2.05) is 20.8 Å². The van der Waals surface area contributed by atoms with Crippen molar-refractivity contribution in [3.8, 4) is 5.75 Å². The molecule has 0 fully saturated rings. The molecule has 0 saturated carbocycles. The van der Waals surface area contributed by atoms with Crippen LogP contribution in [-0.2, 0) is 17.3 Å². The fourth-order valence-electron chi connectivity index (χ4n) is 2.93. The molecule has 1 rings (SSSR count). The Balaban J connectivity index is 3.89. The molecular formula is C19H31NO2. The van der Waals surface area contributed by atoms with Crippen molar-refractivity contribution in [1.82, 2.24) is 0 Å². The summed E-state index contributed by atoms with van der Waals surface area (Å²) in [6, 6.07) is 1.78. The minimum Gasteiger partial charge on any atom is -0.507 e. The molecule has 3 nitrogen and oxygen atoms in total. The highest BCUT2D eigenvalue weighted by Gasteiger charge is 2.31. The zero-order chi connectivity index (χ0) is 17.5. The van der Waals surface area contributed by atoms with Crippen molar-refractivity contribution in [1.29, 1.82) is 0 Å². The maximum atomic E-state index is 12.0. The van der Waals surface area contributed by atoms with E-state index in [2.05, 4.69) is 34.6 Å². The highest BCUT2D eigenvalue weighted by atomic mass is 16.3. The molecule has 0 heterocycles. The van der Waals surface area contributed by atoms with E-state index in [1.165, 1.54) is 0 Å². The summed E-state index contributed by atoms with van der Waals surface area (Å²) in [5.74, 6) is 0.256. The number of hydrogen-bond acceptors (Lipinski definition) is 2. The Hall–Kier alpha value is -1.51. The lowest BCUT2D eigenvalue weighted by Crippen LogP contribution is -2.25. The molecular weight excluding hydrogens is 274 g/mol. The first-order valence-corrected chi connectivity index (χ1v) is 7.96. The number of primary amides is 1. The third-order valence-corrected chi connectivity index (χ3v) is 3.84. The monoisotopic (exact) mass is 305 g/mol. The van der Waals surface area contributed by atoms with Gasteiger partial charge >= 0.3 is 0 Å². The van der Waals surface area contributed by atoms with Gasteiger partial charge < -0.3 is 10.8 Å². The van der Waals surface area contributed by atoms with E-state index in [9.17, 15) is 9.90 Å². The first kappa shape index (κ1) is 18.5. The van der Waals surface area contributed by atoms with Crippen LogP contribution in [0.15, 0.2) is 6.07 Å². The van der Waals surface area contributed by atoms with E-state index in [-0.39, 0.29) is 10.8 Å². The van der Waals surface area contributed by atoms with Crippen LogP contribution in [-0.4, -0.2) is 11.0 Å². The van der Waals surface area contributed by atoms with Gasteiger partial charge in [0, 0.05) is 16.7 Å². The highest BCUT2D eigenvalue weighted by molar-refractivity contribution is 5.95. The minimum atomic E-state index is -0.424. The average Bonchev–Trinajstić information content (AvgIpc) is 2.23. The van der Waals surface area contributed by atoms with Crippen molar-refractivity contribution in [3.05, 3.63) is 28.3 Å². The van der Waals surface area contributed by atoms with Gasteiger partial charge in [-0.1, -0.05) is 55.4 Å². The average molecular weight is 305 g/mol. The largest absolute Gasteiger partial charge is 0.507 e. The van der Waals surface area contributed by atoms with E-state index in [4.69, 9.17) is 5.73 Å². The minimum absolute atomic E-state index is 0.259. The van der Waals surface area contributed by atoms with Gasteiger partial charge in [0.15, 0.2) is 0 Å². The normalized spacial score (nSPS) is 12.8. The SMILES string of the molecule is CC(C)Cc1c(C(N)=O)cc(C(C)(C)C)c(O)c1C(C)(C)C. The van der Waals surface area contributed by atoms with Gasteiger partial charge in [0.2, 0.25) is 5.91 Å². The number of nitrogens with two attached hydrogens (primary N) is 1. The second-order valence-corrected chi connectivity index (χ2v) is 8.64. The lowest BCUT2D eigenvalue weighted by Gasteiger charge is -2.31. The van der Waals surface area contributed by atoms with Crippen LogP contribution in [0.25, 0.3) is 0 Å². The second-order valence-electron chi connectivity index (χ2n) is 8.64. The smallest absolute Gasteiger partial charge is 0.249 e. The van der Waals surface area contributed by atoms with E-state index in [0.717, 1.165) is 23.1 Å². The van der Waals surface area contributed by atoms with Gasteiger partial charge in [-0.15, -0.1) is 0 Å². The molecule has 3 N–H and O–H groups in total. The highest BCUT2D eigenvalue weighted by Crippen LogP contribution is 2.43. The summed E-state index contributed by atoms with van der Waals surface area (Å²) in [4.78, 5) is 12.0. The van der Waals surface area contributed by atoms with Gasteiger partial charge in [0.1, 0.15) is 5.75 Å². The summed E-state index contributed by atoms with van der Waals surface area (Å²) >= 11 is 0. The maximum Gasteiger partial charge on any atom is 0.249 e. The van der Waals surface area contributed by atoms with Crippen LogP contribution in [0.1, 0.15) is 82.4 Å². The predicted octanol–water partition coefficient (Wildman–Crippen LogP) is 4.28. The number of rotatable bonds is 3. The molecule has 0 aromatic heterocycles. The Kier molecular flexibility index (Phi) is 5.01. The van der Waals surface area contributed by atoms with Crippen molar-refractivity contribution >= 4 is 5.91 Å². The standard InChI is InChI=1S/C19H31NO2/c1-11(2)9-12-13(17(20)22)10-14(18(3,4)5)16(21)15(12)19(6,7)8/h10-11,21H,9H2,1-8H3,(H2,20,22). The van der Waals surface area contributed by atoms with Crippen molar-refractivity contribution in [3.63, 3.8) is 0 Å². The molecule has 0 unspecified atom stereocenters. The van der Waals surface area contributed by atoms with E-state index < -0.39 is 5.91 Å². The Morgan fingerprint density at radius 3 is 1.95 bits per heavy atom. The van der Waals surface area contributed by atoms with Crippen molar-refractivity contribution < 1.29 is 9.90 Å². The maximum absolute atomic E-state index is 12.0. The first-order valence-electron chi connectivity index (χ1n) is 7.96. The van der Waals surface area contributed by atoms with Crippen molar-refractivity contribution in [2.75, 3.05) is 0 Å². The van der Waals surface area contributed by atoms with E-state index in [1.54, 1.807) is 6.07 Å². The number of benzene rings is 1. The number of phenols is 1. The van der Waals surface area contributed by atoms with Crippen LogP contribution < -0.4 is 5.73 Å². The van der Waals surface area contributed by atoms with E-state index in [0.29, 0.717) is 17.2 Å². The molecule has 1 aromatic rings. The summed E-state index contributed by atoms with van der Waals surface area (Å²) in [5.41, 5.74) is 8.18. The number of phenolic OH excluding ortho intramolecular Hbond substituents is 1. The summed E-state index contributed by atoms with van der Waals surface area (Å²) < 4.78 is 0. The molecule has 3 heteroatoms. The molecule has 0 aliphatic heterocycles. The molecule has 0 atom stereocenters. The molecule has 1 amide bonds. The molecule has 0 spiro atoms. The number of aromatic hydroxyl groups is 1. The van der Waals surface area contributed by atoms with Crippen molar-refractivity contribution in [2.24, 2.45) is 11.7 Å². The zero-order valence-corrected chi connectivity index (χ0v) is 15.3. The van der Waals surface area contributed by atoms with Gasteiger partial charge in [-0.3, -0.25) is 4.79 Å². The van der Waals surface area contributed by atoms with Gasteiger partial charge in [0.05, 0.1) is 0 Å². The summed E-state index contributed by atoms with van der Waals surface area (Å²) in [6.07, 6.45) is 0.725. The van der Waals surface area contributed by atoms with Crippen LogP contribution in [0.4, 0.5) is 0 Å². The summed E-state index contributed by atoms with van der Waals surface area (Å²) in [6.45, 7) is 16.5. The van der Waals surface area contributed by atoms with Gasteiger partial charge in [0.25, 0.3) is 0 Å².